The number of carbonyl (C=O) groups excluding carboxylic acids is 1. The zero-order valence-electron chi connectivity index (χ0n) is 8.53. The van der Waals surface area contributed by atoms with E-state index in [0.29, 0.717) is 6.54 Å². The van der Waals surface area contributed by atoms with E-state index in [-0.39, 0.29) is 11.7 Å². The lowest BCUT2D eigenvalue weighted by atomic mass is 10.1. The second kappa shape index (κ2) is 4.65. The fourth-order valence-corrected chi connectivity index (χ4v) is 1.17. The Morgan fingerprint density at radius 2 is 2.21 bits per heavy atom. The molecule has 0 spiro atoms. The van der Waals surface area contributed by atoms with Crippen LogP contribution in [-0.2, 0) is 11.2 Å². The Labute approximate surface area is 84.0 Å². The van der Waals surface area contributed by atoms with E-state index in [1.807, 2.05) is 6.07 Å². The van der Waals surface area contributed by atoms with Crippen LogP contribution in [0, 0.1) is 0 Å². The predicted molar refractivity (Wildman–Crippen MR) is 55.1 cm³/mol. The highest BCUT2D eigenvalue weighted by Crippen LogP contribution is 2.11. The lowest BCUT2D eigenvalue weighted by Gasteiger charge is -2.14. The second-order valence-corrected chi connectivity index (χ2v) is 3.36. The van der Waals surface area contributed by atoms with Crippen molar-refractivity contribution in [2.24, 2.45) is 0 Å². The van der Waals surface area contributed by atoms with Crippen molar-refractivity contribution in [2.75, 3.05) is 13.6 Å². The molecule has 1 rings (SSSR count). The molecule has 1 amide bonds. The summed E-state index contributed by atoms with van der Waals surface area (Å²) in [5.41, 5.74) is 1.04. The number of nitrogens with zero attached hydrogens (tertiary/aromatic N) is 1. The molecule has 0 unspecified atom stereocenters. The summed E-state index contributed by atoms with van der Waals surface area (Å²) in [6.07, 6.45) is 0.768. The first-order valence-corrected chi connectivity index (χ1v) is 4.59. The summed E-state index contributed by atoms with van der Waals surface area (Å²) in [7, 11) is 1.77. The maximum atomic E-state index is 10.9. The SMILES string of the molecule is CC(=O)N(C)CCc1cccc(O)c1. The number of phenols is 1. The number of phenolic OH excluding ortho intramolecular Hbond substituents is 1. The molecule has 76 valence electrons. The van der Waals surface area contributed by atoms with Gasteiger partial charge in [0.2, 0.25) is 5.91 Å². The Morgan fingerprint density at radius 3 is 2.79 bits per heavy atom. The van der Waals surface area contributed by atoms with E-state index in [9.17, 15) is 9.90 Å². The number of amides is 1. The predicted octanol–water partition coefficient (Wildman–Crippen LogP) is 1.41. The van der Waals surface area contributed by atoms with Crippen LogP contribution < -0.4 is 0 Å². The maximum absolute atomic E-state index is 10.9. The molecule has 14 heavy (non-hydrogen) atoms. The third-order valence-corrected chi connectivity index (χ3v) is 2.18. The van der Waals surface area contributed by atoms with E-state index in [1.165, 1.54) is 0 Å². The average Bonchev–Trinajstić information content (AvgIpc) is 2.14. The number of benzene rings is 1. The van der Waals surface area contributed by atoms with E-state index < -0.39 is 0 Å². The van der Waals surface area contributed by atoms with Crippen molar-refractivity contribution < 1.29 is 9.90 Å². The van der Waals surface area contributed by atoms with Gasteiger partial charge in [0.1, 0.15) is 5.75 Å². The van der Waals surface area contributed by atoms with Gasteiger partial charge in [0.15, 0.2) is 0 Å². The lowest BCUT2D eigenvalue weighted by molar-refractivity contribution is -0.127. The quantitative estimate of drug-likeness (QED) is 0.788. The topological polar surface area (TPSA) is 40.5 Å². The fraction of sp³-hybridized carbons (Fsp3) is 0.364. The highest BCUT2D eigenvalue weighted by atomic mass is 16.3. The van der Waals surface area contributed by atoms with Crippen LogP contribution >= 0.6 is 0 Å². The molecule has 0 saturated carbocycles. The Balaban J connectivity index is 2.49. The van der Waals surface area contributed by atoms with Gasteiger partial charge in [-0.2, -0.15) is 0 Å². The first-order chi connectivity index (χ1) is 6.59. The summed E-state index contributed by atoms with van der Waals surface area (Å²) in [6, 6.07) is 7.10. The minimum Gasteiger partial charge on any atom is -0.508 e. The Morgan fingerprint density at radius 1 is 1.50 bits per heavy atom. The highest BCUT2D eigenvalue weighted by molar-refractivity contribution is 5.72. The zero-order chi connectivity index (χ0) is 10.6. The summed E-state index contributed by atoms with van der Waals surface area (Å²) in [5.74, 6) is 0.332. The minimum atomic E-state index is 0.0603. The van der Waals surface area contributed by atoms with Gasteiger partial charge in [-0.25, -0.2) is 0 Å². The molecule has 3 heteroatoms. The van der Waals surface area contributed by atoms with Crippen LogP contribution in [0.1, 0.15) is 12.5 Å². The van der Waals surface area contributed by atoms with Gasteiger partial charge in [-0.05, 0) is 24.1 Å². The van der Waals surface area contributed by atoms with Crippen LogP contribution in [0.25, 0.3) is 0 Å². The molecule has 0 aliphatic heterocycles. The van der Waals surface area contributed by atoms with Gasteiger partial charge in [-0.1, -0.05) is 12.1 Å². The monoisotopic (exact) mass is 193 g/mol. The summed E-state index contributed by atoms with van der Waals surface area (Å²) in [6.45, 7) is 2.22. The van der Waals surface area contributed by atoms with Gasteiger partial charge < -0.3 is 10.0 Å². The standard InChI is InChI=1S/C11H15NO2/c1-9(13)12(2)7-6-10-4-3-5-11(14)8-10/h3-5,8,14H,6-7H2,1-2H3. The molecular weight excluding hydrogens is 178 g/mol. The number of hydrogen-bond donors (Lipinski definition) is 1. The van der Waals surface area contributed by atoms with Crippen LogP contribution in [0.3, 0.4) is 0 Å². The van der Waals surface area contributed by atoms with Gasteiger partial charge in [0.25, 0.3) is 0 Å². The lowest BCUT2D eigenvalue weighted by Crippen LogP contribution is -2.26. The average molecular weight is 193 g/mol. The third-order valence-electron chi connectivity index (χ3n) is 2.18. The molecule has 0 aromatic heterocycles. The summed E-state index contributed by atoms with van der Waals surface area (Å²) >= 11 is 0. The third kappa shape index (κ3) is 3.09. The summed E-state index contributed by atoms with van der Waals surface area (Å²) in [4.78, 5) is 12.6. The molecule has 3 nitrogen and oxygen atoms in total. The van der Waals surface area contributed by atoms with Crippen molar-refractivity contribution in [2.45, 2.75) is 13.3 Å². The molecule has 0 aliphatic carbocycles. The van der Waals surface area contributed by atoms with Crippen LogP contribution in [0.4, 0.5) is 0 Å². The first kappa shape index (κ1) is 10.6. The van der Waals surface area contributed by atoms with Crippen molar-refractivity contribution in [1.29, 1.82) is 0 Å². The van der Waals surface area contributed by atoms with Crippen molar-refractivity contribution in [3.05, 3.63) is 29.8 Å². The summed E-state index contributed by atoms with van der Waals surface area (Å²) in [5, 5.41) is 9.21. The van der Waals surface area contributed by atoms with Gasteiger partial charge >= 0.3 is 0 Å². The number of rotatable bonds is 3. The second-order valence-electron chi connectivity index (χ2n) is 3.36. The molecule has 0 bridgehead atoms. The number of aromatic hydroxyl groups is 1. The highest BCUT2D eigenvalue weighted by Gasteiger charge is 2.02. The molecule has 0 radical (unpaired) electrons. The van der Waals surface area contributed by atoms with Gasteiger partial charge in [0, 0.05) is 20.5 Å². The van der Waals surface area contributed by atoms with Gasteiger partial charge in [-0.15, -0.1) is 0 Å². The van der Waals surface area contributed by atoms with Crippen LogP contribution in [-0.4, -0.2) is 29.5 Å². The van der Waals surface area contributed by atoms with Crippen molar-refractivity contribution >= 4 is 5.91 Å². The van der Waals surface area contributed by atoms with Gasteiger partial charge in [-0.3, -0.25) is 4.79 Å². The fourth-order valence-electron chi connectivity index (χ4n) is 1.17. The molecule has 0 saturated heterocycles. The smallest absolute Gasteiger partial charge is 0.219 e. The summed E-state index contributed by atoms with van der Waals surface area (Å²) < 4.78 is 0. The van der Waals surface area contributed by atoms with Crippen LogP contribution in [0.5, 0.6) is 5.75 Å². The van der Waals surface area contributed by atoms with E-state index >= 15 is 0 Å². The molecule has 1 N–H and O–H groups in total. The molecule has 1 aromatic carbocycles. The molecule has 1 aromatic rings. The van der Waals surface area contributed by atoms with E-state index in [0.717, 1.165) is 12.0 Å². The number of likely N-dealkylation sites (N-methyl/N-ethyl adjacent to an activating group) is 1. The molecular formula is C11H15NO2. The zero-order valence-corrected chi connectivity index (χ0v) is 8.53. The number of hydrogen-bond acceptors (Lipinski definition) is 2. The van der Waals surface area contributed by atoms with Crippen molar-refractivity contribution in [3.8, 4) is 5.75 Å². The Hall–Kier alpha value is -1.51. The molecule has 0 atom stereocenters. The Kier molecular flexibility index (Phi) is 3.51. The van der Waals surface area contributed by atoms with E-state index in [1.54, 1.807) is 37.1 Å². The van der Waals surface area contributed by atoms with E-state index in [4.69, 9.17) is 0 Å². The molecule has 0 heterocycles. The van der Waals surface area contributed by atoms with Crippen molar-refractivity contribution in [1.82, 2.24) is 4.90 Å². The van der Waals surface area contributed by atoms with Crippen LogP contribution in [0.15, 0.2) is 24.3 Å². The van der Waals surface area contributed by atoms with E-state index in [2.05, 4.69) is 0 Å². The normalized spacial score (nSPS) is 9.86. The van der Waals surface area contributed by atoms with Gasteiger partial charge in [0.05, 0.1) is 0 Å². The number of carbonyl (C=O) groups is 1. The first-order valence-electron chi connectivity index (χ1n) is 4.59. The van der Waals surface area contributed by atoms with Crippen LogP contribution in [0.2, 0.25) is 0 Å². The molecule has 0 aliphatic rings. The molecule has 0 fully saturated rings. The minimum absolute atomic E-state index is 0.0603. The largest absolute Gasteiger partial charge is 0.508 e. The Bertz CT molecular complexity index is 323. The maximum Gasteiger partial charge on any atom is 0.219 e. The van der Waals surface area contributed by atoms with Crippen molar-refractivity contribution in [3.63, 3.8) is 0 Å².